The molecule has 0 aliphatic carbocycles. The number of rotatable bonds is 12. The summed E-state index contributed by atoms with van der Waals surface area (Å²) in [5.74, 6) is 0.807. The number of nitriles is 1. The van der Waals surface area contributed by atoms with Gasteiger partial charge in [-0.2, -0.15) is 10.4 Å². The van der Waals surface area contributed by atoms with Crippen LogP contribution in [0.25, 0.3) is 11.0 Å². The number of nitrogens with zero attached hydrogens (tertiary/aromatic N) is 5. The zero-order valence-electron chi connectivity index (χ0n) is 22.0. The van der Waals surface area contributed by atoms with E-state index in [0.29, 0.717) is 61.2 Å². The van der Waals surface area contributed by atoms with Crippen LogP contribution in [0.2, 0.25) is 0 Å². The number of anilines is 1. The molecule has 0 aliphatic rings. The van der Waals surface area contributed by atoms with Crippen molar-refractivity contribution in [1.29, 1.82) is 5.26 Å². The van der Waals surface area contributed by atoms with E-state index >= 15 is 0 Å². The molecule has 10 nitrogen and oxygen atoms in total. The van der Waals surface area contributed by atoms with Gasteiger partial charge in [0, 0.05) is 13.1 Å². The van der Waals surface area contributed by atoms with Gasteiger partial charge in [-0.3, -0.25) is 14.8 Å². The maximum atomic E-state index is 13.1. The average molecular weight is 535 g/mol. The van der Waals surface area contributed by atoms with Crippen LogP contribution in [0.4, 0.5) is 5.95 Å². The number of fused-ring (bicyclic) bond motifs is 1. The lowest BCUT2D eigenvalue weighted by Gasteiger charge is -2.15. The van der Waals surface area contributed by atoms with Gasteiger partial charge < -0.3 is 18.1 Å². The molecule has 0 atom stereocenters. The lowest BCUT2D eigenvalue weighted by atomic mass is 10.1. The fraction of sp³-hybridized carbons (Fsp3) is 0.333. The molecule has 0 saturated carbocycles. The molecule has 4 aromatic rings. The predicted octanol–water partition coefficient (Wildman–Crippen LogP) is 5.61. The van der Waals surface area contributed by atoms with Crippen molar-refractivity contribution in [3.8, 4) is 11.8 Å². The quantitative estimate of drug-likeness (QED) is 0.235. The van der Waals surface area contributed by atoms with Gasteiger partial charge in [0.05, 0.1) is 41.6 Å². The highest BCUT2D eigenvalue weighted by atomic mass is 31.2. The molecule has 0 saturated heterocycles. The number of nitrogens with one attached hydrogen (secondary N) is 1. The Morgan fingerprint density at radius 2 is 1.82 bits per heavy atom. The third kappa shape index (κ3) is 6.37. The van der Waals surface area contributed by atoms with Crippen molar-refractivity contribution in [3.05, 3.63) is 71.0 Å². The molecule has 198 valence electrons. The summed E-state index contributed by atoms with van der Waals surface area (Å²) in [5, 5.41) is 16.7. The van der Waals surface area contributed by atoms with Crippen LogP contribution < -0.4 is 9.84 Å². The standard InChI is InChI=1S/C27H31N6O4P/c1-5-33-25(16-19(4)31-33)26(34)30-27-29-23-17-21(18-28)10-13-24(23)32(27)15-14-20-8-11-22(12-9-20)37-38(35-6-2)36-7-3/h8-13,16-17H,5-7,14-15H2,1-4H3,(H,29,30,34). The summed E-state index contributed by atoms with van der Waals surface area (Å²) in [7, 11) is -1.42. The second-order valence-electron chi connectivity index (χ2n) is 8.39. The average Bonchev–Trinajstić information content (AvgIpc) is 3.47. The summed E-state index contributed by atoms with van der Waals surface area (Å²) in [6, 6.07) is 17.0. The predicted molar refractivity (Wildman–Crippen MR) is 146 cm³/mol. The Morgan fingerprint density at radius 3 is 2.47 bits per heavy atom. The Bertz CT molecular complexity index is 1430. The zero-order chi connectivity index (χ0) is 27.1. The van der Waals surface area contributed by atoms with Crippen LogP contribution in [0.5, 0.6) is 5.75 Å². The highest BCUT2D eigenvalue weighted by Crippen LogP contribution is 2.40. The van der Waals surface area contributed by atoms with Crippen molar-refractivity contribution in [2.24, 2.45) is 0 Å². The summed E-state index contributed by atoms with van der Waals surface area (Å²) < 4.78 is 20.5. The molecule has 0 radical (unpaired) electrons. The van der Waals surface area contributed by atoms with Crippen LogP contribution in [-0.4, -0.2) is 38.5 Å². The molecular weight excluding hydrogens is 503 g/mol. The Labute approximate surface area is 223 Å². The van der Waals surface area contributed by atoms with Crippen molar-refractivity contribution >= 4 is 31.5 Å². The SMILES string of the molecule is CCOP(OCC)Oc1ccc(CCn2c(NC(=O)c3cc(C)nn3CC)nc3cc(C#N)ccc32)cc1. The third-order valence-electron chi connectivity index (χ3n) is 5.73. The highest BCUT2D eigenvalue weighted by Gasteiger charge is 2.19. The Balaban J connectivity index is 1.55. The number of benzene rings is 2. The number of amides is 1. The number of aromatic nitrogens is 4. The molecule has 4 rings (SSSR count). The number of imidazole rings is 1. The summed E-state index contributed by atoms with van der Waals surface area (Å²) in [6.45, 7) is 9.76. The molecule has 0 unspecified atom stereocenters. The normalized spacial score (nSPS) is 11.2. The van der Waals surface area contributed by atoms with E-state index in [9.17, 15) is 10.1 Å². The van der Waals surface area contributed by atoms with Crippen molar-refractivity contribution in [2.75, 3.05) is 18.5 Å². The van der Waals surface area contributed by atoms with E-state index in [1.165, 1.54) is 0 Å². The first-order chi connectivity index (χ1) is 18.4. The lowest BCUT2D eigenvalue weighted by Crippen LogP contribution is -2.20. The summed E-state index contributed by atoms with van der Waals surface area (Å²) >= 11 is 0. The van der Waals surface area contributed by atoms with Gasteiger partial charge >= 0.3 is 8.60 Å². The van der Waals surface area contributed by atoms with E-state index in [1.807, 2.05) is 62.6 Å². The van der Waals surface area contributed by atoms with E-state index in [-0.39, 0.29) is 5.91 Å². The van der Waals surface area contributed by atoms with Crippen molar-refractivity contribution < 1.29 is 18.4 Å². The van der Waals surface area contributed by atoms with Crippen LogP contribution in [0.15, 0.2) is 48.5 Å². The van der Waals surface area contributed by atoms with Gasteiger partial charge in [-0.15, -0.1) is 0 Å². The Hall–Kier alpha value is -3.77. The zero-order valence-corrected chi connectivity index (χ0v) is 22.9. The smallest absolute Gasteiger partial charge is 0.397 e. The van der Waals surface area contributed by atoms with E-state index in [1.54, 1.807) is 22.9 Å². The van der Waals surface area contributed by atoms with Gasteiger partial charge in [0.1, 0.15) is 11.4 Å². The molecule has 2 heterocycles. The van der Waals surface area contributed by atoms with E-state index in [2.05, 4.69) is 21.5 Å². The third-order valence-corrected chi connectivity index (χ3v) is 7.03. The summed E-state index contributed by atoms with van der Waals surface area (Å²) in [4.78, 5) is 17.8. The maximum Gasteiger partial charge on any atom is 0.397 e. The van der Waals surface area contributed by atoms with Gasteiger partial charge in [0.2, 0.25) is 5.95 Å². The first kappa shape index (κ1) is 27.3. The molecule has 1 N–H and O–H groups in total. The minimum absolute atomic E-state index is 0.286. The molecule has 11 heteroatoms. The van der Waals surface area contributed by atoms with Crippen LogP contribution >= 0.6 is 8.60 Å². The van der Waals surface area contributed by atoms with Crippen LogP contribution in [0, 0.1) is 18.3 Å². The maximum absolute atomic E-state index is 13.1. The number of carbonyl (C=O) groups excluding carboxylic acids is 1. The molecular formula is C27H31N6O4P. The number of hydrogen-bond acceptors (Lipinski definition) is 7. The fourth-order valence-corrected chi connectivity index (χ4v) is 4.90. The minimum Gasteiger partial charge on any atom is -0.427 e. The van der Waals surface area contributed by atoms with E-state index in [4.69, 9.17) is 13.6 Å². The molecule has 2 aromatic carbocycles. The molecule has 0 aliphatic heterocycles. The first-order valence-corrected chi connectivity index (χ1v) is 13.6. The number of aryl methyl sites for hydroxylation is 4. The van der Waals surface area contributed by atoms with Crippen LogP contribution in [0.3, 0.4) is 0 Å². The number of hydrogen-bond donors (Lipinski definition) is 1. The largest absolute Gasteiger partial charge is 0.427 e. The van der Waals surface area contributed by atoms with Crippen molar-refractivity contribution in [1.82, 2.24) is 19.3 Å². The van der Waals surface area contributed by atoms with E-state index < -0.39 is 8.60 Å². The van der Waals surface area contributed by atoms with Gasteiger partial charge in [0.25, 0.3) is 5.91 Å². The van der Waals surface area contributed by atoms with Gasteiger partial charge in [-0.1, -0.05) is 12.1 Å². The molecule has 2 aromatic heterocycles. The van der Waals surface area contributed by atoms with Crippen LogP contribution in [0.1, 0.15) is 48.1 Å². The lowest BCUT2D eigenvalue weighted by molar-refractivity contribution is 0.101. The Morgan fingerprint density at radius 1 is 1.08 bits per heavy atom. The Kier molecular flexibility index (Phi) is 9.08. The first-order valence-electron chi connectivity index (χ1n) is 12.5. The van der Waals surface area contributed by atoms with E-state index in [0.717, 1.165) is 16.8 Å². The minimum atomic E-state index is -1.42. The monoisotopic (exact) mass is 534 g/mol. The molecule has 0 fully saturated rings. The van der Waals surface area contributed by atoms with Crippen molar-refractivity contribution in [3.63, 3.8) is 0 Å². The molecule has 0 bridgehead atoms. The summed E-state index contributed by atoms with van der Waals surface area (Å²) in [6.07, 6.45) is 0.687. The fourth-order valence-electron chi connectivity index (χ4n) is 4.00. The molecule has 1 amide bonds. The highest BCUT2D eigenvalue weighted by molar-refractivity contribution is 7.42. The second-order valence-corrected chi connectivity index (χ2v) is 9.53. The van der Waals surface area contributed by atoms with Gasteiger partial charge in [-0.05, 0) is 76.1 Å². The van der Waals surface area contributed by atoms with Crippen LogP contribution in [-0.2, 0) is 28.6 Å². The van der Waals surface area contributed by atoms with Crippen molar-refractivity contribution in [2.45, 2.75) is 47.2 Å². The summed E-state index contributed by atoms with van der Waals surface area (Å²) in [5.41, 5.74) is 4.31. The van der Waals surface area contributed by atoms with Gasteiger partial charge in [0.15, 0.2) is 0 Å². The second kappa shape index (κ2) is 12.7. The molecule has 38 heavy (non-hydrogen) atoms. The molecule has 0 spiro atoms. The van der Waals surface area contributed by atoms with Gasteiger partial charge in [-0.25, -0.2) is 4.98 Å². The number of carbonyl (C=O) groups is 1. The topological polar surface area (TPSA) is 116 Å².